The van der Waals surface area contributed by atoms with Gasteiger partial charge in [0.05, 0.1) is 6.21 Å². The van der Waals surface area contributed by atoms with Gasteiger partial charge in [0.2, 0.25) is 6.10 Å². The number of hydrogen-bond acceptors (Lipinski definition) is 5. The van der Waals surface area contributed by atoms with E-state index in [1.165, 1.54) is 18.3 Å². The third-order valence-corrected chi connectivity index (χ3v) is 3.40. The molecule has 2 aromatic rings. The molecule has 1 atom stereocenters. The van der Waals surface area contributed by atoms with Crippen LogP contribution in [0.2, 0.25) is 5.02 Å². The first-order valence-electron chi connectivity index (χ1n) is 6.83. The SMILES string of the molecule is O=C(N/N=C/c1cc(Cl)ccc1O)[C@@H]1COc2ccccc2O1. The fourth-order valence-electron chi connectivity index (χ4n) is 2.01. The van der Waals surface area contributed by atoms with Crippen LogP contribution in [0.3, 0.4) is 0 Å². The molecule has 0 aromatic heterocycles. The molecule has 3 rings (SSSR count). The van der Waals surface area contributed by atoms with Crippen LogP contribution in [0.4, 0.5) is 0 Å². The van der Waals surface area contributed by atoms with Crippen LogP contribution in [0.1, 0.15) is 5.56 Å². The fourth-order valence-corrected chi connectivity index (χ4v) is 2.20. The highest BCUT2D eigenvalue weighted by atomic mass is 35.5. The molecule has 1 aliphatic heterocycles. The van der Waals surface area contributed by atoms with E-state index in [9.17, 15) is 9.90 Å². The molecule has 7 heteroatoms. The Morgan fingerprint density at radius 1 is 1.30 bits per heavy atom. The summed E-state index contributed by atoms with van der Waals surface area (Å²) in [7, 11) is 0. The number of halogens is 1. The van der Waals surface area contributed by atoms with Crippen LogP contribution in [-0.4, -0.2) is 29.9 Å². The molecular formula is C16H13ClN2O4. The van der Waals surface area contributed by atoms with E-state index in [4.69, 9.17) is 21.1 Å². The standard InChI is InChI=1S/C16H13ClN2O4/c17-11-5-6-12(20)10(7-11)8-18-19-16(21)15-9-22-13-3-1-2-4-14(13)23-15/h1-8,15,20H,9H2,(H,19,21)/b18-8+/t15-/m0/s1. The lowest BCUT2D eigenvalue weighted by Crippen LogP contribution is -2.42. The van der Waals surface area contributed by atoms with E-state index in [0.29, 0.717) is 22.1 Å². The van der Waals surface area contributed by atoms with Gasteiger partial charge < -0.3 is 14.6 Å². The molecule has 0 saturated heterocycles. The van der Waals surface area contributed by atoms with Gasteiger partial charge in [-0.3, -0.25) is 4.79 Å². The Morgan fingerprint density at radius 3 is 2.91 bits per heavy atom. The Hall–Kier alpha value is -2.73. The summed E-state index contributed by atoms with van der Waals surface area (Å²) in [5.74, 6) is 0.676. The summed E-state index contributed by atoms with van der Waals surface area (Å²) in [4.78, 5) is 12.0. The van der Waals surface area contributed by atoms with Crippen LogP contribution in [0.15, 0.2) is 47.6 Å². The van der Waals surface area contributed by atoms with E-state index in [0.717, 1.165) is 0 Å². The summed E-state index contributed by atoms with van der Waals surface area (Å²) in [6, 6.07) is 11.6. The molecule has 1 amide bonds. The van der Waals surface area contributed by atoms with E-state index in [2.05, 4.69) is 10.5 Å². The summed E-state index contributed by atoms with van der Waals surface area (Å²) < 4.78 is 11.0. The van der Waals surface area contributed by atoms with Crippen molar-refractivity contribution in [2.45, 2.75) is 6.10 Å². The number of carbonyl (C=O) groups excluding carboxylic acids is 1. The second-order valence-electron chi connectivity index (χ2n) is 4.80. The maximum absolute atomic E-state index is 12.0. The first-order valence-corrected chi connectivity index (χ1v) is 7.21. The smallest absolute Gasteiger partial charge is 0.284 e. The minimum absolute atomic E-state index is 0.0126. The van der Waals surface area contributed by atoms with Gasteiger partial charge in [0.15, 0.2) is 11.5 Å². The number of aromatic hydroxyl groups is 1. The van der Waals surface area contributed by atoms with Crippen molar-refractivity contribution < 1.29 is 19.4 Å². The van der Waals surface area contributed by atoms with Crippen LogP contribution in [0, 0.1) is 0 Å². The number of fused-ring (bicyclic) bond motifs is 1. The number of hydrazone groups is 1. The number of ether oxygens (including phenoxy) is 2. The second kappa shape index (κ2) is 6.58. The van der Waals surface area contributed by atoms with Gasteiger partial charge in [-0.05, 0) is 30.3 Å². The zero-order chi connectivity index (χ0) is 16.2. The number of phenolic OH excluding ortho intramolecular Hbond substituents is 1. The third-order valence-electron chi connectivity index (χ3n) is 3.17. The topological polar surface area (TPSA) is 80.2 Å². The highest BCUT2D eigenvalue weighted by Gasteiger charge is 2.26. The van der Waals surface area contributed by atoms with Crippen molar-refractivity contribution in [3.63, 3.8) is 0 Å². The number of benzene rings is 2. The quantitative estimate of drug-likeness (QED) is 0.668. The Bertz CT molecular complexity index is 763. The molecule has 0 bridgehead atoms. The average molecular weight is 333 g/mol. The van der Waals surface area contributed by atoms with Crippen molar-refractivity contribution in [1.82, 2.24) is 5.43 Å². The molecule has 0 aliphatic carbocycles. The molecule has 0 spiro atoms. The predicted octanol–water partition coefficient (Wildman–Crippen LogP) is 2.34. The number of amides is 1. The molecule has 2 N–H and O–H groups in total. The zero-order valence-electron chi connectivity index (χ0n) is 11.9. The summed E-state index contributed by atoms with van der Waals surface area (Å²) in [6.07, 6.45) is 0.506. The van der Waals surface area contributed by atoms with Gasteiger partial charge >= 0.3 is 0 Å². The normalized spacial score (nSPS) is 16.3. The number of hydrogen-bond donors (Lipinski definition) is 2. The molecule has 1 heterocycles. The van der Waals surface area contributed by atoms with Crippen LogP contribution >= 0.6 is 11.6 Å². The molecule has 1 aliphatic rings. The summed E-state index contributed by atoms with van der Waals surface area (Å²) in [6.45, 7) is 0.0980. The van der Waals surface area contributed by atoms with Crippen LogP contribution in [0.5, 0.6) is 17.2 Å². The van der Waals surface area contributed by atoms with Crippen LogP contribution < -0.4 is 14.9 Å². The van der Waals surface area contributed by atoms with Gasteiger partial charge in [0, 0.05) is 10.6 Å². The van der Waals surface area contributed by atoms with Crippen LogP contribution in [0.25, 0.3) is 0 Å². The molecule has 6 nitrogen and oxygen atoms in total. The summed E-state index contributed by atoms with van der Waals surface area (Å²) in [5.41, 5.74) is 2.74. The molecular weight excluding hydrogens is 320 g/mol. The Labute approximate surface area is 137 Å². The maximum Gasteiger partial charge on any atom is 0.284 e. The van der Waals surface area contributed by atoms with Gasteiger partial charge in [-0.1, -0.05) is 23.7 Å². The summed E-state index contributed by atoms with van der Waals surface area (Å²) >= 11 is 5.83. The third kappa shape index (κ3) is 3.54. The van der Waals surface area contributed by atoms with Crippen molar-refractivity contribution in [1.29, 1.82) is 0 Å². The zero-order valence-corrected chi connectivity index (χ0v) is 12.7. The number of carbonyl (C=O) groups is 1. The number of nitrogens with one attached hydrogen (secondary N) is 1. The first kappa shape index (κ1) is 15.2. The maximum atomic E-state index is 12.0. The molecule has 0 radical (unpaired) electrons. The van der Waals surface area contributed by atoms with Crippen molar-refractivity contribution in [3.05, 3.63) is 53.1 Å². The molecule has 23 heavy (non-hydrogen) atoms. The van der Waals surface area contributed by atoms with Crippen molar-refractivity contribution >= 4 is 23.7 Å². The predicted molar refractivity (Wildman–Crippen MR) is 85.2 cm³/mol. The van der Waals surface area contributed by atoms with E-state index in [1.807, 2.05) is 6.07 Å². The largest absolute Gasteiger partial charge is 0.507 e. The Morgan fingerprint density at radius 2 is 2.09 bits per heavy atom. The van der Waals surface area contributed by atoms with Gasteiger partial charge in [0.1, 0.15) is 12.4 Å². The molecule has 0 saturated carbocycles. The van der Waals surface area contributed by atoms with Crippen molar-refractivity contribution in [3.8, 4) is 17.2 Å². The lowest BCUT2D eigenvalue weighted by molar-refractivity contribution is -0.130. The lowest BCUT2D eigenvalue weighted by Gasteiger charge is -2.24. The Balaban J connectivity index is 1.62. The molecule has 0 fully saturated rings. The number of para-hydroxylation sites is 2. The van der Waals surface area contributed by atoms with E-state index < -0.39 is 12.0 Å². The summed E-state index contributed by atoms with van der Waals surface area (Å²) in [5, 5.41) is 13.9. The number of nitrogens with zero attached hydrogens (tertiary/aromatic N) is 1. The lowest BCUT2D eigenvalue weighted by atomic mass is 10.2. The van der Waals surface area contributed by atoms with Crippen molar-refractivity contribution in [2.75, 3.05) is 6.61 Å². The van der Waals surface area contributed by atoms with Gasteiger partial charge in [-0.2, -0.15) is 5.10 Å². The minimum atomic E-state index is -0.796. The number of rotatable bonds is 3. The fraction of sp³-hybridized carbons (Fsp3) is 0.125. The number of phenols is 1. The Kier molecular flexibility index (Phi) is 4.34. The van der Waals surface area contributed by atoms with Crippen LogP contribution in [-0.2, 0) is 4.79 Å². The van der Waals surface area contributed by atoms with E-state index in [1.54, 1.807) is 24.3 Å². The monoisotopic (exact) mass is 332 g/mol. The molecule has 2 aromatic carbocycles. The van der Waals surface area contributed by atoms with Gasteiger partial charge in [-0.25, -0.2) is 5.43 Å². The van der Waals surface area contributed by atoms with Gasteiger partial charge in [0.25, 0.3) is 5.91 Å². The highest BCUT2D eigenvalue weighted by molar-refractivity contribution is 6.30. The minimum Gasteiger partial charge on any atom is -0.507 e. The van der Waals surface area contributed by atoms with Crippen molar-refractivity contribution in [2.24, 2.45) is 5.10 Å². The highest BCUT2D eigenvalue weighted by Crippen LogP contribution is 2.30. The van der Waals surface area contributed by atoms with Gasteiger partial charge in [-0.15, -0.1) is 0 Å². The van der Waals surface area contributed by atoms with E-state index >= 15 is 0 Å². The first-order chi connectivity index (χ1) is 11.1. The average Bonchev–Trinajstić information content (AvgIpc) is 2.57. The molecule has 0 unspecified atom stereocenters. The second-order valence-corrected chi connectivity index (χ2v) is 5.24. The molecule has 118 valence electrons. The van der Waals surface area contributed by atoms with E-state index in [-0.39, 0.29) is 12.4 Å².